The molecular weight excluding hydrogens is 452 g/mol. The summed E-state index contributed by atoms with van der Waals surface area (Å²) < 4.78 is 30.5. The van der Waals surface area contributed by atoms with Gasteiger partial charge in [-0.15, -0.1) is 6.42 Å². The van der Waals surface area contributed by atoms with Crippen LogP contribution in [0.25, 0.3) is 32.9 Å². The van der Waals surface area contributed by atoms with Crippen molar-refractivity contribution in [1.82, 2.24) is 19.9 Å². The van der Waals surface area contributed by atoms with Crippen LogP contribution >= 0.6 is 0 Å². The van der Waals surface area contributed by atoms with Crippen LogP contribution in [-0.4, -0.2) is 57.2 Å². The largest absolute Gasteiger partial charge is 0.508 e. The molecular formula is C26H21F2N5O2. The number of likely N-dealkylation sites (N-methyl/N-ethyl adjacent to an activating group) is 1. The van der Waals surface area contributed by atoms with E-state index in [2.05, 4.69) is 32.8 Å². The molecule has 2 fully saturated rings. The highest BCUT2D eigenvalue weighted by Gasteiger charge is 2.38. The molecule has 2 saturated heterocycles. The Hall–Kier alpha value is -4.03. The monoisotopic (exact) mass is 473 g/mol. The Morgan fingerprint density at radius 3 is 2.66 bits per heavy atom. The average Bonchev–Trinajstić information content (AvgIpc) is 3.03. The second kappa shape index (κ2) is 7.75. The molecule has 35 heavy (non-hydrogen) atoms. The Morgan fingerprint density at radius 2 is 1.94 bits per heavy atom. The normalized spacial score (nSPS) is 20.0. The second-order valence-corrected chi connectivity index (χ2v) is 9.19. The van der Waals surface area contributed by atoms with Crippen LogP contribution in [0.4, 0.5) is 14.6 Å². The van der Waals surface area contributed by atoms with Gasteiger partial charge in [0.05, 0.1) is 16.5 Å². The second-order valence-electron chi connectivity index (χ2n) is 9.19. The summed E-state index contributed by atoms with van der Waals surface area (Å²) in [4.78, 5) is 27.9. The third kappa shape index (κ3) is 3.25. The van der Waals surface area contributed by atoms with Gasteiger partial charge in [0.2, 0.25) is 0 Å². The van der Waals surface area contributed by atoms with Crippen LogP contribution in [0.1, 0.15) is 18.4 Å². The fraction of sp³-hybridized carbons (Fsp3) is 0.269. The van der Waals surface area contributed by atoms with Gasteiger partial charge in [0.15, 0.2) is 5.82 Å². The standard InChI is InChI=1S/C26H21F2N5O2/c1-3-17-20(27)7-4-13-8-16(34)9-18(21(13)17)23-22(28)24-19(10-29-23)25(31-26(35)30-24)33-11-14-5-6-15(12-33)32(14)2/h1,4,7-10,14-15,34H,5-6,11-12H2,2H3,(H,30,31,35). The summed E-state index contributed by atoms with van der Waals surface area (Å²) in [5.74, 6) is 1.11. The van der Waals surface area contributed by atoms with E-state index in [0.717, 1.165) is 12.8 Å². The number of fused-ring (bicyclic) bond motifs is 4. The summed E-state index contributed by atoms with van der Waals surface area (Å²) in [5.41, 5.74) is -0.816. The molecule has 176 valence electrons. The number of rotatable bonds is 2. The van der Waals surface area contributed by atoms with E-state index in [9.17, 15) is 14.3 Å². The molecule has 2 unspecified atom stereocenters. The van der Waals surface area contributed by atoms with Crippen LogP contribution in [0.5, 0.6) is 5.75 Å². The molecule has 2 N–H and O–H groups in total. The molecule has 2 aromatic heterocycles. The Balaban J connectivity index is 1.57. The third-order valence-corrected chi connectivity index (χ3v) is 7.30. The number of benzene rings is 2. The maximum absolute atomic E-state index is 16.0. The van der Waals surface area contributed by atoms with Crippen LogP contribution < -0.4 is 10.6 Å². The van der Waals surface area contributed by atoms with E-state index < -0.39 is 17.3 Å². The van der Waals surface area contributed by atoms with Crippen LogP contribution in [0.15, 0.2) is 35.3 Å². The molecule has 2 aliphatic rings. The molecule has 0 radical (unpaired) electrons. The van der Waals surface area contributed by atoms with Crippen molar-refractivity contribution in [3.05, 3.63) is 58.1 Å². The van der Waals surface area contributed by atoms with Crippen molar-refractivity contribution in [2.45, 2.75) is 24.9 Å². The summed E-state index contributed by atoms with van der Waals surface area (Å²) in [6.07, 6.45) is 9.14. The fourth-order valence-electron chi connectivity index (χ4n) is 5.54. The first-order chi connectivity index (χ1) is 16.9. The van der Waals surface area contributed by atoms with Crippen molar-refractivity contribution < 1.29 is 13.9 Å². The zero-order valence-electron chi connectivity index (χ0n) is 18.8. The van der Waals surface area contributed by atoms with Crippen molar-refractivity contribution in [2.24, 2.45) is 0 Å². The Kier molecular flexibility index (Phi) is 4.76. The maximum atomic E-state index is 16.0. The lowest BCUT2D eigenvalue weighted by atomic mass is 9.96. The molecule has 2 bridgehead atoms. The van der Waals surface area contributed by atoms with Gasteiger partial charge >= 0.3 is 5.69 Å². The highest BCUT2D eigenvalue weighted by atomic mass is 19.1. The van der Waals surface area contributed by atoms with Crippen LogP contribution in [0.2, 0.25) is 0 Å². The Labute approximate surface area is 199 Å². The molecule has 2 aromatic carbocycles. The zero-order valence-corrected chi connectivity index (χ0v) is 18.8. The van der Waals surface area contributed by atoms with E-state index in [1.54, 1.807) is 0 Å². The number of hydrogen-bond acceptors (Lipinski definition) is 6. The number of aromatic amines is 1. The number of phenols is 1. The minimum atomic E-state index is -0.806. The lowest BCUT2D eigenvalue weighted by Crippen LogP contribution is -2.52. The molecule has 0 amide bonds. The van der Waals surface area contributed by atoms with Crippen LogP contribution in [0.3, 0.4) is 0 Å². The number of terminal acetylenes is 1. The van der Waals surface area contributed by atoms with Gasteiger partial charge in [-0.3, -0.25) is 9.88 Å². The van der Waals surface area contributed by atoms with Crippen molar-refractivity contribution in [1.29, 1.82) is 0 Å². The summed E-state index contributed by atoms with van der Waals surface area (Å²) in [7, 11) is 2.10. The first kappa shape index (κ1) is 21.5. The molecule has 2 aliphatic heterocycles. The number of pyridine rings is 1. The van der Waals surface area contributed by atoms with E-state index in [4.69, 9.17) is 6.42 Å². The fourth-order valence-corrected chi connectivity index (χ4v) is 5.54. The number of aromatic nitrogens is 3. The third-order valence-electron chi connectivity index (χ3n) is 7.30. The highest BCUT2D eigenvalue weighted by Crippen LogP contribution is 2.38. The first-order valence-corrected chi connectivity index (χ1v) is 11.3. The van der Waals surface area contributed by atoms with Gasteiger partial charge < -0.3 is 15.0 Å². The highest BCUT2D eigenvalue weighted by molar-refractivity contribution is 6.02. The molecule has 2 atom stereocenters. The van der Waals surface area contributed by atoms with Crippen molar-refractivity contribution >= 4 is 27.5 Å². The van der Waals surface area contributed by atoms with E-state index in [0.29, 0.717) is 41.8 Å². The molecule has 9 heteroatoms. The van der Waals surface area contributed by atoms with E-state index in [-0.39, 0.29) is 33.5 Å². The van der Waals surface area contributed by atoms with Gasteiger partial charge in [0, 0.05) is 42.3 Å². The smallest absolute Gasteiger partial charge is 0.347 e. The SMILES string of the molecule is C#Cc1c(F)ccc2cc(O)cc(-c3ncc4c(N5CC6CCC(C5)N6C)nc(=O)[nH]c4c3F)c12. The Morgan fingerprint density at radius 1 is 1.20 bits per heavy atom. The Bertz CT molecular complexity index is 1610. The van der Waals surface area contributed by atoms with Crippen LogP contribution in [-0.2, 0) is 0 Å². The molecule has 7 nitrogen and oxygen atoms in total. The van der Waals surface area contributed by atoms with E-state index in [1.807, 2.05) is 4.90 Å². The van der Waals surface area contributed by atoms with E-state index in [1.165, 1.54) is 30.5 Å². The number of nitrogens with one attached hydrogen (secondary N) is 1. The predicted molar refractivity (Wildman–Crippen MR) is 129 cm³/mol. The number of halogens is 2. The number of phenolic OH excluding ortho intramolecular Hbond substituents is 1. The molecule has 6 rings (SSSR count). The minimum absolute atomic E-state index is 0.0496. The molecule has 0 spiro atoms. The number of piperazine rings is 1. The van der Waals surface area contributed by atoms with Gasteiger partial charge in [-0.25, -0.2) is 13.6 Å². The van der Waals surface area contributed by atoms with Crippen LogP contribution in [0, 0.1) is 24.0 Å². The number of H-pyrrole nitrogens is 1. The lowest BCUT2D eigenvalue weighted by molar-refractivity contribution is 0.212. The molecule has 4 aromatic rings. The summed E-state index contributed by atoms with van der Waals surface area (Å²) >= 11 is 0. The quantitative estimate of drug-likeness (QED) is 0.434. The average molecular weight is 473 g/mol. The van der Waals surface area contributed by atoms with Gasteiger partial charge in [-0.1, -0.05) is 12.0 Å². The summed E-state index contributed by atoms with van der Waals surface area (Å²) in [5, 5.41) is 11.3. The number of anilines is 1. The van der Waals surface area contributed by atoms with Crippen molar-refractivity contribution in [3.8, 4) is 29.4 Å². The minimum Gasteiger partial charge on any atom is -0.508 e. The summed E-state index contributed by atoms with van der Waals surface area (Å²) in [6.45, 7) is 1.37. The number of aromatic hydroxyl groups is 1. The number of nitrogens with zero attached hydrogens (tertiary/aromatic N) is 4. The van der Waals surface area contributed by atoms with Crippen molar-refractivity contribution in [3.63, 3.8) is 0 Å². The lowest BCUT2D eigenvalue weighted by Gasteiger charge is -2.39. The number of hydrogen-bond donors (Lipinski definition) is 2. The van der Waals surface area contributed by atoms with Gasteiger partial charge in [0.1, 0.15) is 23.1 Å². The zero-order chi connectivity index (χ0) is 24.4. The van der Waals surface area contributed by atoms with Gasteiger partial charge in [0.25, 0.3) is 0 Å². The van der Waals surface area contributed by atoms with Gasteiger partial charge in [-0.2, -0.15) is 4.98 Å². The topological polar surface area (TPSA) is 85.3 Å². The molecule has 4 heterocycles. The maximum Gasteiger partial charge on any atom is 0.347 e. The first-order valence-electron chi connectivity index (χ1n) is 11.3. The predicted octanol–water partition coefficient (Wildman–Crippen LogP) is 3.39. The van der Waals surface area contributed by atoms with Gasteiger partial charge in [-0.05, 0) is 43.5 Å². The summed E-state index contributed by atoms with van der Waals surface area (Å²) in [6, 6.07) is 6.06. The van der Waals surface area contributed by atoms with Crippen molar-refractivity contribution in [2.75, 3.05) is 25.0 Å². The molecule has 0 saturated carbocycles. The molecule has 0 aliphatic carbocycles. The van der Waals surface area contributed by atoms with E-state index >= 15 is 4.39 Å².